The van der Waals surface area contributed by atoms with Gasteiger partial charge in [-0.15, -0.1) is 0 Å². The topological polar surface area (TPSA) is 49.3 Å². The molecule has 0 saturated carbocycles. The van der Waals surface area contributed by atoms with Crippen molar-refractivity contribution in [2.24, 2.45) is 0 Å². The molecule has 1 aromatic carbocycles. The largest absolute Gasteiger partial charge is 0.478 e. The highest BCUT2D eigenvalue weighted by Crippen LogP contribution is 2.22. The first-order valence-electron chi connectivity index (χ1n) is 5.15. The van der Waals surface area contributed by atoms with Crippen LogP contribution in [0.5, 0.6) is 0 Å². The molecular weight excluding hydrogens is 245 g/mol. The van der Waals surface area contributed by atoms with Crippen LogP contribution in [0, 0.1) is 5.82 Å². The summed E-state index contributed by atoms with van der Waals surface area (Å²) in [5.41, 5.74) is 0.904. The summed E-state index contributed by atoms with van der Waals surface area (Å²) in [5.74, 6) is -1.34. The van der Waals surface area contributed by atoms with E-state index in [1.165, 1.54) is 18.2 Å². The van der Waals surface area contributed by atoms with Crippen molar-refractivity contribution >= 4 is 23.3 Å². The maximum absolute atomic E-state index is 12.8. The Morgan fingerprint density at radius 3 is 2.82 bits per heavy atom. The molecule has 1 aromatic rings. The Hall–Kier alpha value is -1.55. The average Bonchev–Trinajstić information content (AvgIpc) is 2.26. The maximum Gasteiger partial charge on any atom is 0.331 e. The van der Waals surface area contributed by atoms with Crippen molar-refractivity contribution in [3.05, 3.63) is 40.7 Å². The lowest BCUT2D eigenvalue weighted by atomic mass is 10.2. The van der Waals surface area contributed by atoms with Crippen LogP contribution in [0.1, 0.15) is 13.3 Å². The highest BCUT2D eigenvalue weighted by Gasteiger charge is 2.04. The van der Waals surface area contributed by atoms with Crippen LogP contribution in [0.2, 0.25) is 5.02 Å². The fourth-order valence-corrected chi connectivity index (χ4v) is 1.53. The second-order valence-electron chi connectivity index (χ2n) is 3.39. The van der Waals surface area contributed by atoms with E-state index in [-0.39, 0.29) is 5.02 Å². The first-order chi connectivity index (χ1) is 8.04. The van der Waals surface area contributed by atoms with Crippen LogP contribution >= 0.6 is 11.6 Å². The van der Waals surface area contributed by atoms with E-state index in [2.05, 4.69) is 5.32 Å². The number of hydrogen-bond donors (Lipinski definition) is 2. The first kappa shape index (κ1) is 13.5. The van der Waals surface area contributed by atoms with Gasteiger partial charge >= 0.3 is 5.97 Å². The molecule has 0 saturated heterocycles. The molecule has 1 rings (SSSR count). The summed E-state index contributed by atoms with van der Waals surface area (Å²) in [5, 5.41) is 12.0. The van der Waals surface area contributed by atoms with E-state index in [1.54, 1.807) is 13.0 Å². The maximum atomic E-state index is 12.8. The van der Waals surface area contributed by atoms with E-state index in [1.807, 2.05) is 0 Å². The van der Waals surface area contributed by atoms with Crippen molar-refractivity contribution in [2.45, 2.75) is 13.3 Å². The molecule has 0 bridgehead atoms. The lowest BCUT2D eigenvalue weighted by molar-refractivity contribution is -0.132. The smallest absolute Gasteiger partial charge is 0.331 e. The summed E-state index contributed by atoms with van der Waals surface area (Å²) in [6, 6.07) is 4.00. The van der Waals surface area contributed by atoms with Gasteiger partial charge in [-0.05, 0) is 24.6 Å². The molecule has 3 nitrogen and oxygen atoms in total. The van der Waals surface area contributed by atoms with E-state index in [0.717, 1.165) is 0 Å². The van der Waals surface area contributed by atoms with Crippen molar-refractivity contribution in [3.8, 4) is 0 Å². The van der Waals surface area contributed by atoms with Crippen LogP contribution in [0.15, 0.2) is 29.8 Å². The summed E-state index contributed by atoms with van der Waals surface area (Å²) in [7, 11) is 0. The van der Waals surface area contributed by atoms with Crippen LogP contribution in [0.3, 0.4) is 0 Å². The van der Waals surface area contributed by atoms with Gasteiger partial charge in [0.2, 0.25) is 0 Å². The molecule has 0 aromatic heterocycles. The number of rotatable bonds is 5. The number of benzene rings is 1. The minimum absolute atomic E-state index is 0.270. The van der Waals surface area contributed by atoms with Crippen molar-refractivity contribution < 1.29 is 14.3 Å². The number of carboxylic acid groups (broad SMARTS) is 1. The molecule has 0 spiro atoms. The van der Waals surface area contributed by atoms with Crippen molar-refractivity contribution in [2.75, 3.05) is 11.9 Å². The van der Waals surface area contributed by atoms with E-state index < -0.39 is 11.8 Å². The Balaban J connectivity index is 2.65. The van der Waals surface area contributed by atoms with E-state index in [9.17, 15) is 9.18 Å². The molecule has 2 N–H and O–H groups in total. The van der Waals surface area contributed by atoms with Gasteiger partial charge < -0.3 is 10.4 Å². The van der Waals surface area contributed by atoms with Gasteiger partial charge in [-0.1, -0.05) is 24.6 Å². The average molecular weight is 258 g/mol. The van der Waals surface area contributed by atoms with Gasteiger partial charge in [0.1, 0.15) is 5.82 Å². The third-order valence-electron chi connectivity index (χ3n) is 2.23. The molecule has 0 amide bonds. The molecule has 0 aliphatic heterocycles. The summed E-state index contributed by atoms with van der Waals surface area (Å²) < 4.78 is 12.8. The SMILES string of the molecule is CC/C(=C/CNc1ccc(F)cc1Cl)C(=O)O. The van der Waals surface area contributed by atoms with Crippen LogP contribution in [-0.4, -0.2) is 17.6 Å². The molecule has 0 radical (unpaired) electrons. The third kappa shape index (κ3) is 4.07. The molecular formula is C12H13ClFNO2. The van der Waals surface area contributed by atoms with Crippen LogP contribution in [-0.2, 0) is 4.79 Å². The quantitative estimate of drug-likeness (QED) is 0.796. The first-order valence-corrected chi connectivity index (χ1v) is 5.53. The van der Waals surface area contributed by atoms with Gasteiger partial charge in [-0.3, -0.25) is 0 Å². The number of carbonyl (C=O) groups is 1. The van der Waals surface area contributed by atoms with Gasteiger partial charge in [-0.25, -0.2) is 9.18 Å². The van der Waals surface area contributed by atoms with Crippen LogP contribution < -0.4 is 5.32 Å². The third-order valence-corrected chi connectivity index (χ3v) is 2.54. The molecule has 0 aliphatic rings. The van der Waals surface area contributed by atoms with Gasteiger partial charge in [0.15, 0.2) is 0 Å². The lowest BCUT2D eigenvalue weighted by Crippen LogP contribution is -2.05. The highest BCUT2D eigenvalue weighted by atomic mass is 35.5. The number of nitrogens with one attached hydrogen (secondary N) is 1. The van der Waals surface area contributed by atoms with Gasteiger partial charge in [0, 0.05) is 12.1 Å². The Morgan fingerprint density at radius 2 is 2.29 bits per heavy atom. The number of halogens is 2. The van der Waals surface area contributed by atoms with Crippen molar-refractivity contribution in [1.82, 2.24) is 0 Å². The molecule has 0 unspecified atom stereocenters. The second-order valence-corrected chi connectivity index (χ2v) is 3.80. The number of carboxylic acids is 1. The van der Waals surface area contributed by atoms with Gasteiger partial charge in [0.05, 0.1) is 10.7 Å². The fourth-order valence-electron chi connectivity index (χ4n) is 1.30. The van der Waals surface area contributed by atoms with Crippen LogP contribution in [0.4, 0.5) is 10.1 Å². The minimum Gasteiger partial charge on any atom is -0.478 e. The molecule has 0 aliphatic carbocycles. The molecule has 5 heteroatoms. The standard InChI is InChI=1S/C12H13ClFNO2/c1-2-8(12(16)17)5-6-15-11-4-3-9(14)7-10(11)13/h3-5,7,15H,2,6H2,1H3,(H,16,17)/b8-5-. The van der Waals surface area contributed by atoms with E-state index in [0.29, 0.717) is 24.2 Å². The number of hydrogen-bond acceptors (Lipinski definition) is 2. The minimum atomic E-state index is -0.931. The molecule has 0 atom stereocenters. The zero-order chi connectivity index (χ0) is 12.8. The molecule has 0 fully saturated rings. The van der Waals surface area contributed by atoms with Crippen LogP contribution in [0.25, 0.3) is 0 Å². The highest BCUT2D eigenvalue weighted by molar-refractivity contribution is 6.33. The summed E-state index contributed by atoms with van der Waals surface area (Å²) in [6.45, 7) is 2.10. The summed E-state index contributed by atoms with van der Waals surface area (Å²) >= 11 is 5.80. The Kier molecular flexibility index (Phi) is 4.97. The predicted octanol–water partition coefficient (Wildman–Crippen LogP) is 3.31. The van der Waals surface area contributed by atoms with Crippen molar-refractivity contribution in [1.29, 1.82) is 0 Å². The van der Waals surface area contributed by atoms with Crippen molar-refractivity contribution in [3.63, 3.8) is 0 Å². The predicted molar refractivity (Wildman–Crippen MR) is 65.9 cm³/mol. The van der Waals surface area contributed by atoms with E-state index in [4.69, 9.17) is 16.7 Å². The molecule has 0 heterocycles. The fraction of sp³-hybridized carbons (Fsp3) is 0.250. The Morgan fingerprint density at radius 1 is 1.59 bits per heavy atom. The number of anilines is 1. The van der Waals surface area contributed by atoms with E-state index >= 15 is 0 Å². The monoisotopic (exact) mass is 257 g/mol. The summed E-state index contributed by atoms with van der Waals surface area (Å²) in [6.07, 6.45) is 2.02. The van der Waals surface area contributed by atoms with Gasteiger partial charge in [0.25, 0.3) is 0 Å². The molecule has 92 valence electrons. The second kappa shape index (κ2) is 6.25. The lowest BCUT2D eigenvalue weighted by Gasteiger charge is -2.06. The Bertz CT molecular complexity index is 446. The van der Waals surface area contributed by atoms with Gasteiger partial charge in [-0.2, -0.15) is 0 Å². The normalized spacial score (nSPS) is 11.4. The zero-order valence-corrected chi connectivity index (χ0v) is 10.1. The number of aliphatic carboxylic acids is 1. The zero-order valence-electron chi connectivity index (χ0n) is 9.34. The molecule has 17 heavy (non-hydrogen) atoms. The summed E-state index contributed by atoms with van der Waals surface area (Å²) in [4.78, 5) is 10.7. The Labute approximate surface area is 104 Å².